The number of nitrogens with zero attached hydrogens (tertiary/aromatic N) is 4. The number of urea groups is 1. The van der Waals surface area contributed by atoms with Crippen LogP contribution in [0.1, 0.15) is 31.7 Å². The Hall–Kier alpha value is -2.61. The maximum atomic E-state index is 12.3. The van der Waals surface area contributed by atoms with E-state index in [0.717, 1.165) is 47.8 Å². The highest BCUT2D eigenvalue weighted by Crippen LogP contribution is 2.34. The summed E-state index contributed by atoms with van der Waals surface area (Å²) in [5, 5.41) is 4.01. The molecule has 1 fully saturated rings. The van der Waals surface area contributed by atoms with Gasteiger partial charge in [-0.3, -0.25) is 0 Å². The summed E-state index contributed by atoms with van der Waals surface area (Å²) in [5.74, 6) is 0. The first kappa shape index (κ1) is 17.8. The standard InChI is InChI=1S/C19H26N6O2/c1-24(19(26)21-9-10-27-2)13-3-5-14(6-4-13)25-12-23-16-11-22-18-15(17(16)25)7-8-20-18/h7-8,11-14H,3-6,9-10H2,1-2H3,(H,20,22)(H,21,26)/t13-,14-. The minimum Gasteiger partial charge on any atom is -0.383 e. The lowest BCUT2D eigenvalue weighted by Crippen LogP contribution is -2.45. The molecule has 2 amide bonds. The number of aromatic amines is 1. The van der Waals surface area contributed by atoms with Crippen molar-refractivity contribution < 1.29 is 9.53 Å². The molecule has 0 bridgehead atoms. The molecule has 0 aliphatic heterocycles. The third-order valence-electron chi connectivity index (χ3n) is 5.63. The predicted molar refractivity (Wildman–Crippen MR) is 104 cm³/mol. The highest BCUT2D eigenvalue weighted by molar-refractivity contribution is 6.00. The van der Waals surface area contributed by atoms with Crippen LogP contribution >= 0.6 is 0 Å². The molecule has 1 aliphatic rings. The molecule has 8 nitrogen and oxygen atoms in total. The van der Waals surface area contributed by atoms with Crippen LogP contribution in [0.5, 0.6) is 0 Å². The number of methoxy groups -OCH3 is 1. The summed E-state index contributed by atoms with van der Waals surface area (Å²) in [7, 11) is 3.52. The van der Waals surface area contributed by atoms with Crippen molar-refractivity contribution in [3.8, 4) is 0 Å². The fourth-order valence-corrected chi connectivity index (χ4v) is 4.08. The first-order valence-corrected chi connectivity index (χ1v) is 9.47. The van der Waals surface area contributed by atoms with Crippen molar-refractivity contribution >= 4 is 28.1 Å². The zero-order valence-electron chi connectivity index (χ0n) is 15.8. The number of fused-ring (bicyclic) bond motifs is 3. The van der Waals surface area contributed by atoms with Gasteiger partial charge in [-0.2, -0.15) is 0 Å². The van der Waals surface area contributed by atoms with Gasteiger partial charge in [0.15, 0.2) is 0 Å². The molecule has 3 aromatic rings. The molecule has 3 aromatic heterocycles. The number of nitrogens with one attached hydrogen (secondary N) is 2. The number of hydrogen-bond acceptors (Lipinski definition) is 4. The Labute approximate surface area is 157 Å². The highest BCUT2D eigenvalue weighted by atomic mass is 16.5. The lowest BCUT2D eigenvalue weighted by atomic mass is 9.90. The molecule has 0 radical (unpaired) electrons. The second-order valence-corrected chi connectivity index (χ2v) is 7.18. The van der Waals surface area contributed by atoms with Crippen LogP contribution in [0, 0.1) is 0 Å². The Kier molecular flexibility index (Phi) is 4.98. The molecule has 1 aliphatic carbocycles. The lowest BCUT2D eigenvalue weighted by Gasteiger charge is -2.35. The predicted octanol–water partition coefficient (Wildman–Crippen LogP) is 2.68. The summed E-state index contributed by atoms with van der Waals surface area (Å²) in [6.07, 6.45) is 9.71. The molecule has 8 heteroatoms. The first-order chi connectivity index (χ1) is 13.2. The summed E-state index contributed by atoms with van der Waals surface area (Å²) in [6, 6.07) is 2.71. The van der Waals surface area contributed by atoms with Gasteiger partial charge >= 0.3 is 6.03 Å². The molecule has 2 N–H and O–H groups in total. The zero-order chi connectivity index (χ0) is 18.8. The molecule has 0 aromatic carbocycles. The molecule has 1 saturated carbocycles. The van der Waals surface area contributed by atoms with Crippen molar-refractivity contribution in [2.45, 2.75) is 37.8 Å². The van der Waals surface area contributed by atoms with Crippen molar-refractivity contribution in [1.82, 2.24) is 29.7 Å². The topological polar surface area (TPSA) is 88.1 Å². The maximum absolute atomic E-state index is 12.3. The number of ether oxygens (including phenoxy) is 1. The Morgan fingerprint density at radius 3 is 2.96 bits per heavy atom. The summed E-state index contributed by atoms with van der Waals surface area (Å²) in [5.41, 5.74) is 2.97. The number of H-pyrrole nitrogens is 1. The third kappa shape index (κ3) is 3.37. The fourth-order valence-electron chi connectivity index (χ4n) is 4.08. The van der Waals surface area contributed by atoms with Crippen molar-refractivity contribution in [3.63, 3.8) is 0 Å². The number of rotatable bonds is 5. The average molecular weight is 370 g/mol. The van der Waals surface area contributed by atoms with E-state index in [4.69, 9.17) is 4.74 Å². The van der Waals surface area contributed by atoms with E-state index in [-0.39, 0.29) is 12.1 Å². The number of amides is 2. The van der Waals surface area contributed by atoms with Gasteiger partial charge in [0, 0.05) is 44.4 Å². The smallest absolute Gasteiger partial charge is 0.317 e. The summed E-state index contributed by atoms with van der Waals surface area (Å²) >= 11 is 0. The monoisotopic (exact) mass is 370 g/mol. The quantitative estimate of drug-likeness (QED) is 0.676. The number of pyridine rings is 1. The largest absolute Gasteiger partial charge is 0.383 e. The maximum Gasteiger partial charge on any atom is 0.317 e. The Morgan fingerprint density at radius 1 is 1.37 bits per heavy atom. The van der Waals surface area contributed by atoms with Gasteiger partial charge in [0.05, 0.1) is 24.6 Å². The minimum atomic E-state index is -0.0244. The normalized spacial score (nSPS) is 20.2. The second-order valence-electron chi connectivity index (χ2n) is 7.18. The molecular formula is C19H26N6O2. The number of imidazole rings is 1. The Bertz CT molecular complexity index is 925. The van der Waals surface area contributed by atoms with Gasteiger partial charge in [0.25, 0.3) is 0 Å². The van der Waals surface area contributed by atoms with Gasteiger partial charge in [-0.25, -0.2) is 14.8 Å². The van der Waals surface area contributed by atoms with Gasteiger partial charge in [0.1, 0.15) is 11.2 Å². The highest BCUT2D eigenvalue weighted by Gasteiger charge is 2.28. The number of hydrogen-bond donors (Lipinski definition) is 2. The molecule has 4 rings (SSSR count). The molecular weight excluding hydrogens is 344 g/mol. The molecule has 0 saturated heterocycles. The van der Waals surface area contributed by atoms with E-state index in [1.54, 1.807) is 7.11 Å². The Balaban J connectivity index is 1.44. The van der Waals surface area contributed by atoms with E-state index in [2.05, 4.69) is 30.9 Å². The van der Waals surface area contributed by atoms with Crippen molar-refractivity contribution in [3.05, 3.63) is 24.8 Å². The fraction of sp³-hybridized carbons (Fsp3) is 0.526. The summed E-state index contributed by atoms with van der Waals surface area (Å²) in [6.45, 7) is 1.07. The van der Waals surface area contributed by atoms with E-state index in [0.29, 0.717) is 19.2 Å². The van der Waals surface area contributed by atoms with Gasteiger partial charge in [-0.1, -0.05) is 0 Å². The third-order valence-corrected chi connectivity index (χ3v) is 5.63. The number of carbonyl (C=O) groups excluding carboxylic acids is 1. The van der Waals surface area contributed by atoms with Crippen LogP contribution in [-0.2, 0) is 4.74 Å². The minimum absolute atomic E-state index is 0.0244. The van der Waals surface area contributed by atoms with Crippen molar-refractivity contribution in [2.24, 2.45) is 0 Å². The van der Waals surface area contributed by atoms with Gasteiger partial charge in [-0.05, 0) is 31.7 Å². The van der Waals surface area contributed by atoms with Gasteiger partial charge < -0.3 is 24.5 Å². The van der Waals surface area contributed by atoms with Gasteiger partial charge in [-0.15, -0.1) is 0 Å². The SMILES string of the molecule is COCCNC(=O)N(C)[C@H]1CC[C@H](n2cnc3cnc4[nH]ccc4c32)CC1. The van der Waals surface area contributed by atoms with Crippen LogP contribution in [0.2, 0.25) is 0 Å². The van der Waals surface area contributed by atoms with E-state index >= 15 is 0 Å². The lowest BCUT2D eigenvalue weighted by molar-refractivity contribution is 0.155. The van der Waals surface area contributed by atoms with E-state index in [1.165, 1.54) is 0 Å². The zero-order valence-corrected chi connectivity index (χ0v) is 15.8. The Morgan fingerprint density at radius 2 is 2.19 bits per heavy atom. The van der Waals surface area contributed by atoms with Crippen LogP contribution < -0.4 is 5.32 Å². The van der Waals surface area contributed by atoms with Crippen LogP contribution in [0.3, 0.4) is 0 Å². The van der Waals surface area contributed by atoms with Crippen molar-refractivity contribution in [1.29, 1.82) is 0 Å². The van der Waals surface area contributed by atoms with E-state index in [1.807, 2.05) is 30.7 Å². The molecule has 0 spiro atoms. The first-order valence-electron chi connectivity index (χ1n) is 9.47. The molecule has 3 heterocycles. The second kappa shape index (κ2) is 7.56. The van der Waals surface area contributed by atoms with E-state index in [9.17, 15) is 4.79 Å². The molecule has 27 heavy (non-hydrogen) atoms. The van der Waals surface area contributed by atoms with Crippen LogP contribution in [0.4, 0.5) is 4.79 Å². The number of carbonyl (C=O) groups is 1. The summed E-state index contributed by atoms with van der Waals surface area (Å²) in [4.78, 5) is 26.2. The van der Waals surface area contributed by atoms with Crippen molar-refractivity contribution in [2.75, 3.05) is 27.3 Å². The van der Waals surface area contributed by atoms with E-state index < -0.39 is 0 Å². The number of aromatic nitrogens is 4. The van der Waals surface area contributed by atoms with Crippen LogP contribution in [-0.4, -0.2) is 63.8 Å². The van der Waals surface area contributed by atoms with Crippen LogP contribution in [0.15, 0.2) is 24.8 Å². The molecule has 0 atom stereocenters. The van der Waals surface area contributed by atoms with Gasteiger partial charge in [0.2, 0.25) is 0 Å². The average Bonchev–Trinajstić information content (AvgIpc) is 3.33. The van der Waals surface area contributed by atoms with Crippen LogP contribution in [0.25, 0.3) is 22.1 Å². The summed E-state index contributed by atoms with van der Waals surface area (Å²) < 4.78 is 7.28. The molecule has 144 valence electrons. The molecule has 0 unspecified atom stereocenters.